The topological polar surface area (TPSA) is 29.5 Å². The first-order valence-corrected chi connectivity index (χ1v) is 11.3. The number of morpholine rings is 1. The van der Waals surface area contributed by atoms with Gasteiger partial charge in [-0.05, 0) is 48.6 Å². The Bertz CT molecular complexity index is 1080. The van der Waals surface area contributed by atoms with Crippen LogP contribution in [0.3, 0.4) is 0 Å². The van der Waals surface area contributed by atoms with E-state index in [9.17, 15) is 9.18 Å². The van der Waals surface area contributed by atoms with Gasteiger partial charge in [-0.25, -0.2) is 4.39 Å². The van der Waals surface area contributed by atoms with Crippen LogP contribution in [-0.2, 0) is 11.2 Å². The molecule has 0 N–H and O–H groups in total. The lowest BCUT2D eigenvalue weighted by Gasteiger charge is -2.39. The molecule has 4 heteroatoms. The fourth-order valence-electron chi connectivity index (χ4n) is 4.28. The molecule has 1 heterocycles. The fraction of sp³-hybridized carbons (Fsp3) is 0.321. The number of ketones is 1. The molecule has 0 saturated carbocycles. The highest BCUT2D eigenvalue weighted by Crippen LogP contribution is 2.29. The number of ether oxygens (including phenoxy) is 1. The standard InChI is InChI=1S/C28H30FNO2/c1-4-20-5-7-21(8-6-20)24-13-14-25(26(29)19-24)22-9-11-23(12-10-22)27(31)28(2,3)30-15-17-32-18-16-30/h5-14,19H,4,15-18H2,1-3H3. The monoisotopic (exact) mass is 431 g/mol. The van der Waals surface area contributed by atoms with Crippen LogP contribution in [0.15, 0.2) is 66.7 Å². The van der Waals surface area contributed by atoms with Crippen molar-refractivity contribution in [1.82, 2.24) is 4.90 Å². The number of hydrogen-bond acceptors (Lipinski definition) is 3. The molecule has 1 saturated heterocycles. The normalized spacial score (nSPS) is 15.0. The van der Waals surface area contributed by atoms with Crippen molar-refractivity contribution in [2.75, 3.05) is 26.3 Å². The number of carbonyl (C=O) groups excluding carboxylic acids is 1. The van der Waals surface area contributed by atoms with Crippen LogP contribution in [0.1, 0.15) is 36.7 Å². The Morgan fingerprint density at radius 1 is 0.906 bits per heavy atom. The average Bonchev–Trinajstić information content (AvgIpc) is 2.84. The second kappa shape index (κ2) is 9.35. The van der Waals surface area contributed by atoms with E-state index in [1.54, 1.807) is 18.2 Å². The van der Waals surface area contributed by atoms with Gasteiger partial charge in [0.2, 0.25) is 0 Å². The molecule has 166 valence electrons. The molecule has 4 rings (SSSR count). The lowest BCUT2D eigenvalue weighted by molar-refractivity contribution is -0.00429. The Morgan fingerprint density at radius 2 is 1.50 bits per heavy atom. The SMILES string of the molecule is CCc1ccc(-c2ccc(-c3ccc(C(=O)C(C)(C)N4CCOCC4)cc3)c(F)c2)cc1. The van der Waals surface area contributed by atoms with Gasteiger partial charge < -0.3 is 4.74 Å². The predicted molar refractivity (Wildman–Crippen MR) is 127 cm³/mol. The molecule has 3 nitrogen and oxygen atoms in total. The molecule has 1 aliphatic rings. The third-order valence-corrected chi connectivity index (χ3v) is 6.48. The van der Waals surface area contributed by atoms with Gasteiger partial charge in [-0.15, -0.1) is 0 Å². The van der Waals surface area contributed by atoms with Crippen LogP contribution in [-0.4, -0.2) is 42.5 Å². The number of carbonyl (C=O) groups is 1. The molecule has 1 fully saturated rings. The van der Waals surface area contributed by atoms with Gasteiger partial charge in [0.05, 0.1) is 18.8 Å². The summed E-state index contributed by atoms with van der Waals surface area (Å²) < 4.78 is 20.4. The van der Waals surface area contributed by atoms with E-state index in [1.165, 1.54) is 5.56 Å². The van der Waals surface area contributed by atoms with E-state index in [4.69, 9.17) is 4.74 Å². The number of Topliss-reactive ketones (excluding diaryl/α,β-unsaturated/α-hetero) is 1. The van der Waals surface area contributed by atoms with Crippen LogP contribution in [0.4, 0.5) is 4.39 Å². The molecule has 3 aromatic rings. The molecule has 0 bridgehead atoms. The highest BCUT2D eigenvalue weighted by Gasteiger charge is 2.35. The van der Waals surface area contributed by atoms with E-state index in [1.807, 2.05) is 50.2 Å². The maximum Gasteiger partial charge on any atom is 0.182 e. The van der Waals surface area contributed by atoms with Crippen molar-refractivity contribution in [2.45, 2.75) is 32.7 Å². The molecule has 0 unspecified atom stereocenters. The molecular formula is C28H30FNO2. The minimum absolute atomic E-state index is 0.0669. The summed E-state index contributed by atoms with van der Waals surface area (Å²) in [6.07, 6.45) is 0.982. The van der Waals surface area contributed by atoms with Crippen molar-refractivity contribution in [3.63, 3.8) is 0 Å². The summed E-state index contributed by atoms with van der Waals surface area (Å²) in [6.45, 7) is 8.82. The molecule has 0 atom stereocenters. The molecule has 0 aliphatic carbocycles. The lowest BCUT2D eigenvalue weighted by Crippen LogP contribution is -2.54. The maximum atomic E-state index is 15.0. The van der Waals surface area contributed by atoms with Crippen LogP contribution in [0.25, 0.3) is 22.3 Å². The molecule has 0 spiro atoms. The number of halogens is 1. The fourth-order valence-corrected chi connectivity index (χ4v) is 4.28. The van der Waals surface area contributed by atoms with Gasteiger partial charge in [-0.3, -0.25) is 9.69 Å². The lowest BCUT2D eigenvalue weighted by atomic mass is 9.90. The molecule has 0 radical (unpaired) electrons. The Labute approximate surface area is 189 Å². The summed E-state index contributed by atoms with van der Waals surface area (Å²) in [7, 11) is 0. The third-order valence-electron chi connectivity index (χ3n) is 6.48. The van der Waals surface area contributed by atoms with E-state index in [2.05, 4.69) is 24.0 Å². The summed E-state index contributed by atoms with van der Waals surface area (Å²) in [5, 5.41) is 0. The van der Waals surface area contributed by atoms with Gasteiger partial charge in [-0.2, -0.15) is 0 Å². The van der Waals surface area contributed by atoms with E-state index < -0.39 is 5.54 Å². The number of aryl methyl sites for hydroxylation is 1. The van der Waals surface area contributed by atoms with Crippen molar-refractivity contribution in [1.29, 1.82) is 0 Å². The first-order chi connectivity index (χ1) is 15.4. The summed E-state index contributed by atoms with van der Waals surface area (Å²) >= 11 is 0. The summed E-state index contributed by atoms with van der Waals surface area (Å²) in [5.41, 5.74) is 4.44. The Kier molecular flexibility index (Phi) is 6.54. The first kappa shape index (κ1) is 22.4. The van der Waals surface area contributed by atoms with Crippen LogP contribution >= 0.6 is 0 Å². The molecule has 0 amide bonds. The van der Waals surface area contributed by atoms with Gasteiger partial charge in [0.15, 0.2) is 5.78 Å². The van der Waals surface area contributed by atoms with Crippen LogP contribution < -0.4 is 0 Å². The minimum atomic E-state index is -0.606. The van der Waals surface area contributed by atoms with Crippen LogP contribution in [0.2, 0.25) is 0 Å². The first-order valence-electron chi connectivity index (χ1n) is 11.3. The Balaban J connectivity index is 1.54. The van der Waals surface area contributed by atoms with Crippen molar-refractivity contribution in [3.8, 4) is 22.3 Å². The molecule has 3 aromatic carbocycles. The van der Waals surface area contributed by atoms with Crippen LogP contribution in [0.5, 0.6) is 0 Å². The second-order valence-corrected chi connectivity index (χ2v) is 8.81. The van der Waals surface area contributed by atoms with Gasteiger partial charge in [0.1, 0.15) is 5.82 Å². The van der Waals surface area contributed by atoms with Crippen molar-refractivity contribution < 1.29 is 13.9 Å². The van der Waals surface area contributed by atoms with Crippen molar-refractivity contribution in [2.24, 2.45) is 0 Å². The van der Waals surface area contributed by atoms with Crippen molar-refractivity contribution in [3.05, 3.63) is 83.7 Å². The van der Waals surface area contributed by atoms with E-state index in [-0.39, 0.29) is 11.6 Å². The zero-order valence-electron chi connectivity index (χ0n) is 19.0. The quantitative estimate of drug-likeness (QED) is 0.447. The van der Waals surface area contributed by atoms with E-state index in [0.717, 1.165) is 36.2 Å². The summed E-state index contributed by atoms with van der Waals surface area (Å²) in [6, 6.07) is 20.8. The molecular weight excluding hydrogens is 401 g/mol. The van der Waals surface area contributed by atoms with Crippen LogP contribution in [0, 0.1) is 5.82 Å². The number of benzene rings is 3. The summed E-state index contributed by atoms with van der Waals surface area (Å²) in [5.74, 6) is -0.202. The minimum Gasteiger partial charge on any atom is -0.379 e. The van der Waals surface area contributed by atoms with Gasteiger partial charge in [-0.1, -0.05) is 67.6 Å². The zero-order valence-corrected chi connectivity index (χ0v) is 19.0. The van der Waals surface area contributed by atoms with E-state index in [0.29, 0.717) is 24.3 Å². The van der Waals surface area contributed by atoms with Gasteiger partial charge in [0, 0.05) is 24.2 Å². The Morgan fingerprint density at radius 3 is 2.09 bits per heavy atom. The molecule has 0 aromatic heterocycles. The third kappa shape index (κ3) is 4.52. The Hall–Kier alpha value is -2.82. The number of nitrogens with zero attached hydrogens (tertiary/aromatic N) is 1. The number of rotatable bonds is 6. The number of hydrogen-bond donors (Lipinski definition) is 0. The zero-order chi connectivity index (χ0) is 22.7. The molecule has 32 heavy (non-hydrogen) atoms. The smallest absolute Gasteiger partial charge is 0.182 e. The maximum absolute atomic E-state index is 15.0. The predicted octanol–water partition coefficient (Wildman–Crippen LogP) is 6.02. The average molecular weight is 432 g/mol. The largest absolute Gasteiger partial charge is 0.379 e. The van der Waals surface area contributed by atoms with Gasteiger partial charge in [0.25, 0.3) is 0 Å². The highest BCUT2D eigenvalue weighted by atomic mass is 19.1. The van der Waals surface area contributed by atoms with Crippen molar-refractivity contribution >= 4 is 5.78 Å². The second-order valence-electron chi connectivity index (χ2n) is 8.81. The van der Waals surface area contributed by atoms with E-state index >= 15 is 0 Å². The highest BCUT2D eigenvalue weighted by molar-refractivity contribution is 6.03. The van der Waals surface area contributed by atoms with Gasteiger partial charge >= 0.3 is 0 Å². The molecule has 1 aliphatic heterocycles. The summed E-state index contributed by atoms with van der Waals surface area (Å²) in [4.78, 5) is 15.3.